The monoisotopic (exact) mass is 352 g/mol. The van der Waals surface area contributed by atoms with Crippen LogP contribution in [-0.4, -0.2) is 4.98 Å². The molecule has 0 unspecified atom stereocenters. The second-order valence-corrected chi connectivity index (χ2v) is 5.59. The average Bonchev–Trinajstić information content (AvgIpc) is 2.50. The van der Waals surface area contributed by atoms with Gasteiger partial charge in [0.2, 0.25) is 0 Å². The van der Waals surface area contributed by atoms with Crippen LogP contribution in [-0.2, 0) is 4.57 Å². The first-order valence-electron chi connectivity index (χ1n) is 6.07. The van der Waals surface area contributed by atoms with E-state index in [1.807, 2.05) is 0 Å². The van der Waals surface area contributed by atoms with Crippen LogP contribution in [0.5, 0.6) is 5.75 Å². The van der Waals surface area contributed by atoms with Crippen LogP contribution in [0.25, 0.3) is 22.3 Å². The Labute approximate surface area is 136 Å². The van der Waals surface area contributed by atoms with E-state index in [4.69, 9.17) is 27.7 Å². The molecule has 0 N–H and O–H groups in total. The molecule has 0 amide bonds. The molecule has 0 bridgehead atoms. The van der Waals surface area contributed by atoms with E-state index in [9.17, 15) is 9.77 Å². The highest BCUT2D eigenvalue weighted by Gasteiger charge is 2.20. The van der Waals surface area contributed by atoms with Crippen molar-refractivity contribution in [2.24, 2.45) is 0 Å². The van der Waals surface area contributed by atoms with E-state index in [0.717, 1.165) is 0 Å². The van der Waals surface area contributed by atoms with E-state index in [-0.39, 0.29) is 11.6 Å². The number of aromatic nitrogens is 2. The molecule has 3 rings (SSSR count). The van der Waals surface area contributed by atoms with Gasteiger partial charge in [-0.3, -0.25) is 0 Å². The number of hydrogen-bond donors (Lipinski definition) is 0. The normalized spacial score (nSPS) is 11.0. The fourth-order valence-corrected chi connectivity index (χ4v) is 2.68. The number of benzene rings is 2. The van der Waals surface area contributed by atoms with Gasteiger partial charge in [-0.05, 0) is 41.4 Å². The van der Waals surface area contributed by atoms with E-state index in [1.54, 1.807) is 24.3 Å². The fourth-order valence-electron chi connectivity index (χ4n) is 2.09. The molecule has 8 heteroatoms. The van der Waals surface area contributed by atoms with E-state index in [1.165, 1.54) is 18.3 Å². The third-order valence-electron chi connectivity index (χ3n) is 3.04. The quantitative estimate of drug-likeness (QED) is 0.397. The summed E-state index contributed by atoms with van der Waals surface area (Å²) in [5, 5.41) is 14.1. The Morgan fingerprint density at radius 1 is 1.14 bits per heavy atom. The van der Waals surface area contributed by atoms with Crippen molar-refractivity contribution in [2.45, 2.75) is 0 Å². The maximum absolute atomic E-state index is 12.5. The minimum absolute atomic E-state index is 0.0935. The number of rotatable bonds is 3. The molecule has 5 nitrogen and oxygen atoms in total. The first-order valence-corrected chi connectivity index (χ1v) is 7.56. The van der Waals surface area contributed by atoms with Crippen molar-refractivity contribution in [1.82, 2.24) is 4.98 Å². The summed E-state index contributed by atoms with van der Waals surface area (Å²) in [5.74, 6) is 0.336. The predicted molar refractivity (Wildman–Crippen MR) is 84.4 cm³/mol. The van der Waals surface area contributed by atoms with Crippen LogP contribution < -0.4 is 9.25 Å². The molecule has 110 valence electrons. The summed E-state index contributed by atoms with van der Waals surface area (Å²) in [7, 11) is -0.534. The molecule has 1 heterocycles. The number of halogens is 2. The van der Waals surface area contributed by atoms with Crippen LogP contribution in [0.3, 0.4) is 0 Å². The van der Waals surface area contributed by atoms with Gasteiger partial charge in [0.05, 0.1) is 5.39 Å². The highest BCUT2D eigenvalue weighted by molar-refractivity contribution is 7.17. The summed E-state index contributed by atoms with van der Waals surface area (Å²) in [4.78, 5) is 4.15. The maximum Gasteiger partial charge on any atom is 0.395 e. The highest BCUT2D eigenvalue weighted by Crippen LogP contribution is 2.32. The number of nitrogens with zero attached hydrogens (tertiary/aromatic N) is 2. The number of hydrogen-bond acceptors (Lipinski definition) is 4. The van der Waals surface area contributed by atoms with Gasteiger partial charge < -0.3 is 9.73 Å². The van der Waals surface area contributed by atoms with Crippen molar-refractivity contribution in [3.05, 3.63) is 57.8 Å². The maximum atomic E-state index is 12.5. The predicted octanol–water partition coefficient (Wildman–Crippen LogP) is 4.43. The SMILES string of the molecule is O=POc1ccc(Cl)cc1-c1ncc2cc(Cl)ccc2[n+]1[O-]. The Bertz CT molecular complexity index is 889. The van der Waals surface area contributed by atoms with Crippen LogP contribution in [0.4, 0.5) is 0 Å². The summed E-state index contributed by atoms with van der Waals surface area (Å²) in [6, 6.07) is 9.49. The molecule has 0 radical (unpaired) electrons. The third-order valence-corrected chi connectivity index (χ3v) is 3.79. The smallest absolute Gasteiger partial charge is 0.395 e. The molecule has 22 heavy (non-hydrogen) atoms. The lowest BCUT2D eigenvalue weighted by Crippen LogP contribution is -2.31. The standard InChI is InChI=1S/C14H7Cl2N2O3P/c15-9-1-3-12-8(5-9)7-17-14(18(12)19)11-6-10(16)2-4-13(11)21-22-20/h1-7H. The van der Waals surface area contributed by atoms with Gasteiger partial charge >= 0.3 is 14.5 Å². The lowest BCUT2D eigenvalue weighted by molar-refractivity contribution is -0.568. The molecule has 0 saturated heterocycles. The number of fused-ring (bicyclic) bond motifs is 1. The molecule has 0 atom stereocenters. The van der Waals surface area contributed by atoms with Gasteiger partial charge in [0.25, 0.3) is 0 Å². The lowest BCUT2D eigenvalue weighted by Gasteiger charge is -2.11. The highest BCUT2D eigenvalue weighted by atomic mass is 35.5. The van der Waals surface area contributed by atoms with Gasteiger partial charge in [0.15, 0.2) is 11.9 Å². The molecule has 0 fully saturated rings. The fraction of sp³-hybridized carbons (Fsp3) is 0. The van der Waals surface area contributed by atoms with Crippen LogP contribution in [0.15, 0.2) is 42.6 Å². The molecule has 0 spiro atoms. The Morgan fingerprint density at radius 3 is 2.64 bits per heavy atom. The largest absolute Gasteiger partial charge is 0.710 e. The molecule has 3 aromatic rings. The Hall–Kier alpha value is -1.94. The zero-order valence-electron chi connectivity index (χ0n) is 10.9. The van der Waals surface area contributed by atoms with Crippen molar-refractivity contribution < 1.29 is 13.8 Å². The van der Waals surface area contributed by atoms with E-state index >= 15 is 0 Å². The molecular weight excluding hydrogens is 346 g/mol. The van der Waals surface area contributed by atoms with Gasteiger partial charge in [-0.1, -0.05) is 23.2 Å². The zero-order chi connectivity index (χ0) is 15.7. The van der Waals surface area contributed by atoms with Crippen molar-refractivity contribution in [2.75, 3.05) is 0 Å². The van der Waals surface area contributed by atoms with Gasteiger partial charge in [0, 0.05) is 10.0 Å². The van der Waals surface area contributed by atoms with Gasteiger partial charge in [-0.2, -0.15) is 0 Å². The van der Waals surface area contributed by atoms with Gasteiger partial charge in [-0.15, -0.1) is 0 Å². The third kappa shape index (κ3) is 2.71. The molecule has 0 aliphatic carbocycles. The summed E-state index contributed by atoms with van der Waals surface area (Å²) < 4.78 is 16.3. The molecule has 1 aromatic heterocycles. The van der Waals surface area contributed by atoms with E-state index in [0.29, 0.717) is 31.2 Å². The van der Waals surface area contributed by atoms with Crippen LogP contribution in [0.2, 0.25) is 10.0 Å². The van der Waals surface area contributed by atoms with Crippen LogP contribution in [0, 0.1) is 5.21 Å². The van der Waals surface area contributed by atoms with Crippen molar-refractivity contribution in [3.63, 3.8) is 0 Å². The van der Waals surface area contributed by atoms with Crippen LogP contribution in [0.1, 0.15) is 0 Å². The van der Waals surface area contributed by atoms with E-state index < -0.39 is 8.69 Å². The second-order valence-electron chi connectivity index (χ2n) is 4.39. The summed E-state index contributed by atoms with van der Waals surface area (Å²) in [5.41, 5.74) is 0.753. The molecular formula is C14H7Cl2N2O3P. The topological polar surface area (TPSA) is 66.1 Å². The van der Waals surface area contributed by atoms with Gasteiger partial charge in [-0.25, -0.2) is 9.30 Å². The Morgan fingerprint density at radius 2 is 1.86 bits per heavy atom. The summed E-state index contributed by atoms with van der Waals surface area (Å²) in [6.07, 6.45) is 1.53. The minimum atomic E-state index is -0.534. The molecule has 0 saturated carbocycles. The summed E-state index contributed by atoms with van der Waals surface area (Å²) >= 11 is 11.9. The van der Waals surface area contributed by atoms with Crippen molar-refractivity contribution in [3.8, 4) is 17.1 Å². The average molecular weight is 353 g/mol. The minimum Gasteiger partial charge on any atom is -0.710 e. The second kappa shape index (κ2) is 6.05. The first kappa shape index (κ1) is 15.0. The molecule has 2 aromatic carbocycles. The lowest BCUT2D eigenvalue weighted by atomic mass is 10.1. The van der Waals surface area contributed by atoms with E-state index in [2.05, 4.69) is 4.98 Å². The summed E-state index contributed by atoms with van der Waals surface area (Å²) in [6.45, 7) is 0. The van der Waals surface area contributed by atoms with Crippen molar-refractivity contribution in [1.29, 1.82) is 0 Å². The van der Waals surface area contributed by atoms with Crippen LogP contribution >= 0.6 is 31.9 Å². The zero-order valence-corrected chi connectivity index (χ0v) is 13.3. The first-order chi connectivity index (χ1) is 10.6. The molecule has 0 aliphatic heterocycles. The van der Waals surface area contributed by atoms with Crippen molar-refractivity contribution >= 4 is 42.8 Å². The Balaban J connectivity index is 2.26. The molecule has 0 aliphatic rings. The van der Waals surface area contributed by atoms with Gasteiger partial charge in [0.1, 0.15) is 11.1 Å². The Kier molecular flexibility index (Phi) is 4.12.